The van der Waals surface area contributed by atoms with Crippen molar-refractivity contribution < 1.29 is 14.0 Å². The Bertz CT molecular complexity index is 1010. The number of nitrogens with one attached hydrogen (secondary N) is 2. The molecule has 2 heterocycles. The van der Waals surface area contributed by atoms with Crippen molar-refractivity contribution >= 4 is 23.3 Å². The second-order valence-electron chi connectivity index (χ2n) is 6.49. The number of anilines is 1. The van der Waals surface area contributed by atoms with Crippen LogP contribution in [0.15, 0.2) is 42.6 Å². The number of nitrogens with zero attached hydrogens (tertiary/aromatic N) is 2. The van der Waals surface area contributed by atoms with Gasteiger partial charge in [0.25, 0.3) is 11.8 Å². The van der Waals surface area contributed by atoms with Gasteiger partial charge in [-0.1, -0.05) is 19.1 Å². The summed E-state index contributed by atoms with van der Waals surface area (Å²) in [5, 5.41) is 5.53. The number of hydrogen-bond donors (Lipinski definition) is 2. The average molecular weight is 368 g/mol. The molecule has 27 heavy (non-hydrogen) atoms. The zero-order valence-corrected chi connectivity index (χ0v) is 15.4. The molecule has 2 aromatic heterocycles. The highest BCUT2D eigenvalue weighted by Gasteiger charge is 2.22. The van der Waals surface area contributed by atoms with Crippen LogP contribution in [0.5, 0.6) is 0 Å². The molecule has 3 aromatic rings. The van der Waals surface area contributed by atoms with Crippen molar-refractivity contribution in [2.75, 3.05) is 5.32 Å². The number of aromatic nitrogens is 2. The molecule has 0 aliphatic rings. The summed E-state index contributed by atoms with van der Waals surface area (Å²) in [6, 6.07) is 8.96. The molecule has 6 nitrogen and oxygen atoms in total. The molecule has 1 unspecified atom stereocenters. The zero-order chi connectivity index (χ0) is 19.6. The van der Waals surface area contributed by atoms with Crippen molar-refractivity contribution in [1.82, 2.24) is 14.7 Å². The van der Waals surface area contributed by atoms with E-state index in [-0.39, 0.29) is 29.0 Å². The van der Waals surface area contributed by atoms with Gasteiger partial charge in [0.05, 0.1) is 0 Å². The minimum atomic E-state index is -0.535. The molecule has 1 aromatic carbocycles. The van der Waals surface area contributed by atoms with Crippen LogP contribution in [-0.4, -0.2) is 27.2 Å². The van der Waals surface area contributed by atoms with Gasteiger partial charge in [0.2, 0.25) is 0 Å². The first-order valence-electron chi connectivity index (χ1n) is 8.75. The highest BCUT2D eigenvalue weighted by Crippen LogP contribution is 2.20. The number of aryl methyl sites for hydroxylation is 1. The van der Waals surface area contributed by atoms with Gasteiger partial charge in [-0.05, 0) is 50.1 Å². The minimum absolute atomic E-state index is 0.0281. The Morgan fingerprint density at radius 1 is 1.22 bits per heavy atom. The number of pyridine rings is 1. The summed E-state index contributed by atoms with van der Waals surface area (Å²) in [6.45, 7) is 5.77. The highest BCUT2D eigenvalue weighted by atomic mass is 19.1. The first-order chi connectivity index (χ1) is 12.9. The third kappa shape index (κ3) is 3.97. The van der Waals surface area contributed by atoms with E-state index < -0.39 is 11.7 Å². The number of rotatable bonds is 5. The van der Waals surface area contributed by atoms with Gasteiger partial charge in [-0.3, -0.25) is 14.0 Å². The summed E-state index contributed by atoms with van der Waals surface area (Å²) in [6.07, 6.45) is 2.55. The van der Waals surface area contributed by atoms with E-state index in [1.807, 2.05) is 26.8 Å². The van der Waals surface area contributed by atoms with Crippen LogP contribution < -0.4 is 10.6 Å². The second-order valence-corrected chi connectivity index (χ2v) is 6.49. The van der Waals surface area contributed by atoms with E-state index in [9.17, 15) is 14.0 Å². The third-order valence-electron chi connectivity index (χ3n) is 4.29. The van der Waals surface area contributed by atoms with Crippen molar-refractivity contribution in [3.8, 4) is 0 Å². The van der Waals surface area contributed by atoms with Crippen LogP contribution >= 0.6 is 0 Å². The lowest BCUT2D eigenvalue weighted by molar-refractivity contribution is 0.0934. The topological polar surface area (TPSA) is 75.5 Å². The van der Waals surface area contributed by atoms with Crippen LogP contribution in [0.2, 0.25) is 0 Å². The summed E-state index contributed by atoms with van der Waals surface area (Å²) in [5.41, 5.74) is 1.86. The number of imidazole rings is 1. The van der Waals surface area contributed by atoms with Crippen LogP contribution in [0.3, 0.4) is 0 Å². The van der Waals surface area contributed by atoms with Crippen LogP contribution in [-0.2, 0) is 0 Å². The van der Waals surface area contributed by atoms with Gasteiger partial charge in [0, 0.05) is 17.8 Å². The molecule has 140 valence electrons. The number of carbonyl (C=O) groups is 2. The SMILES string of the molecule is CCC(C)NC(=O)c1c(NC(=O)c2cccc(F)c2)nc2ccc(C)cn12. The summed E-state index contributed by atoms with van der Waals surface area (Å²) < 4.78 is 15.1. The average Bonchev–Trinajstić information content (AvgIpc) is 2.98. The van der Waals surface area contributed by atoms with E-state index in [0.29, 0.717) is 5.65 Å². The van der Waals surface area contributed by atoms with Gasteiger partial charge in [0.15, 0.2) is 11.5 Å². The molecular weight excluding hydrogens is 347 g/mol. The summed E-state index contributed by atoms with van der Waals surface area (Å²) in [4.78, 5) is 29.7. The van der Waals surface area contributed by atoms with Crippen molar-refractivity contribution in [2.24, 2.45) is 0 Å². The zero-order valence-electron chi connectivity index (χ0n) is 15.4. The quantitative estimate of drug-likeness (QED) is 0.723. The molecule has 0 radical (unpaired) electrons. The molecule has 1 atom stereocenters. The smallest absolute Gasteiger partial charge is 0.272 e. The fourth-order valence-electron chi connectivity index (χ4n) is 2.66. The summed E-state index contributed by atoms with van der Waals surface area (Å²) in [7, 11) is 0. The molecule has 0 saturated carbocycles. The number of amides is 2. The van der Waals surface area contributed by atoms with Gasteiger partial charge in [-0.2, -0.15) is 0 Å². The first kappa shape index (κ1) is 18.6. The lowest BCUT2D eigenvalue weighted by Crippen LogP contribution is -2.33. The summed E-state index contributed by atoms with van der Waals surface area (Å²) in [5.74, 6) is -1.25. The Balaban J connectivity index is 2.02. The maximum absolute atomic E-state index is 13.4. The van der Waals surface area contributed by atoms with Crippen LogP contribution in [0, 0.1) is 12.7 Å². The Morgan fingerprint density at radius 3 is 2.70 bits per heavy atom. The van der Waals surface area contributed by atoms with Gasteiger partial charge in [-0.15, -0.1) is 0 Å². The molecule has 0 fully saturated rings. The summed E-state index contributed by atoms with van der Waals surface area (Å²) >= 11 is 0. The van der Waals surface area contributed by atoms with Crippen LogP contribution in [0.25, 0.3) is 5.65 Å². The monoisotopic (exact) mass is 368 g/mol. The molecular formula is C20H21FN4O2. The number of carbonyl (C=O) groups excluding carboxylic acids is 2. The Labute approximate surface area is 156 Å². The second kappa shape index (κ2) is 7.57. The largest absolute Gasteiger partial charge is 0.348 e. The number of halogens is 1. The van der Waals surface area contributed by atoms with Crippen LogP contribution in [0.4, 0.5) is 10.2 Å². The predicted octanol–water partition coefficient (Wildman–Crippen LogP) is 3.56. The normalized spacial score (nSPS) is 12.0. The number of benzene rings is 1. The fourth-order valence-corrected chi connectivity index (χ4v) is 2.66. The lowest BCUT2D eigenvalue weighted by atomic mass is 10.2. The number of hydrogen-bond acceptors (Lipinski definition) is 3. The molecule has 0 spiro atoms. The highest BCUT2D eigenvalue weighted by molar-refractivity contribution is 6.08. The Kier molecular flexibility index (Phi) is 5.21. The first-order valence-corrected chi connectivity index (χ1v) is 8.75. The Morgan fingerprint density at radius 2 is 2.00 bits per heavy atom. The maximum Gasteiger partial charge on any atom is 0.272 e. The van der Waals surface area contributed by atoms with E-state index >= 15 is 0 Å². The molecule has 0 aliphatic heterocycles. The van der Waals surface area contributed by atoms with Gasteiger partial charge in [0.1, 0.15) is 11.5 Å². The molecule has 7 heteroatoms. The molecule has 3 rings (SSSR count). The van der Waals surface area contributed by atoms with Crippen molar-refractivity contribution in [1.29, 1.82) is 0 Å². The standard InChI is InChI=1S/C20H21FN4O2/c1-4-13(3)22-20(27)17-18(23-16-9-8-12(2)11-25(16)17)24-19(26)14-6-5-7-15(21)10-14/h5-11,13H,4H2,1-3H3,(H,22,27)(H,24,26). The molecule has 0 saturated heterocycles. The number of fused-ring (bicyclic) bond motifs is 1. The fraction of sp³-hybridized carbons (Fsp3) is 0.250. The van der Waals surface area contributed by atoms with E-state index in [2.05, 4.69) is 15.6 Å². The third-order valence-corrected chi connectivity index (χ3v) is 4.29. The van der Waals surface area contributed by atoms with Crippen molar-refractivity contribution in [2.45, 2.75) is 33.2 Å². The van der Waals surface area contributed by atoms with Gasteiger partial charge < -0.3 is 10.6 Å². The van der Waals surface area contributed by atoms with E-state index in [1.54, 1.807) is 16.7 Å². The van der Waals surface area contributed by atoms with E-state index in [0.717, 1.165) is 18.1 Å². The van der Waals surface area contributed by atoms with Gasteiger partial charge in [-0.25, -0.2) is 9.37 Å². The molecule has 2 amide bonds. The molecule has 0 aliphatic carbocycles. The van der Waals surface area contributed by atoms with Gasteiger partial charge >= 0.3 is 0 Å². The maximum atomic E-state index is 13.4. The van der Waals surface area contributed by atoms with E-state index in [4.69, 9.17) is 0 Å². The minimum Gasteiger partial charge on any atom is -0.348 e. The molecule has 2 N–H and O–H groups in total. The predicted molar refractivity (Wildman–Crippen MR) is 102 cm³/mol. The lowest BCUT2D eigenvalue weighted by Gasteiger charge is -2.12. The van der Waals surface area contributed by atoms with E-state index in [1.165, 1.54) is 18.2 Å². The van der Waals surface area contributed by atoms with Crippen molar-refractivity contribution in [3.63, 3.8) is 0 Å². The van der Waals surface area contributed by atoms with Crippen molar-refractivity contribution in [3.05, 3.63) is 65.2 Å². The Hall–Kier alpha value is -3.22. The molecule has 0 bridgehead atoms. The van der Waals surface area contributed by atoms with Crippen LogP contribution in [0.1, 0.15) is 46.7 Å².